The van der Waals surface area contributed by atoms with Gasteiger partial charge in [0, 0.05) is 18.4 Å². The molecule has 0 fully saturated rings. The van der Waals surface area contributed by atoms with E-state index in [9.17, 15) is 18.0 Å². The maximum absolute atomic E-state index is 12.9. The van der Waals surface area contributed by atoms with Gasteiger partial charge in [-0.15, -0.1) is 0 Å². The van der Waals surface area contributed by atoms with E-state index in [1.807, 2.05) is 13.8 Å². The summed E-state index contributed by atoms with van der Waals surface area (Å²) in [6.07, 6.45) is -3.18. The lowest BCUT2D eigenvalue weighted by atomic mass is 10.2. The fourth-order valence-corrected chi connectivity index (χ4v) is 2.19. The average molecular weight is 372 g/mol. The summed E-state index contributed by atoms with van der Waals surface area (Å²) in [5.41, 5.74) is -0.358. The average Bonchev–Trinajstić information content (AvgIpc) is 2.54. The van der Waals surface area contributed by atoms with Crippen molar-refractivity contribution < 1.29 is 18.0 Å². The highest BCUT2D eigenvalue weighted by Crippen LogP contribution is 2.36. The molecular formula is C17H17ClF3N3O. The number of aromatic nitrogens is 1. The third kappa shape index (κ3) is 5.35. The summed E-state index contributed by atoms with van der Waals surface area (Å²) < 4.78 is 38.6. The van der Waals surface area contributed by atoms with E-state index in [0.29, 0.717) is 23.8 Å². The van der Waals surface area contributed by atoms with Crippen molar-refractivity contribution >= 4 is 29.0 Å². The molecule has 2 N–H and O–H groups in total. The Morgan fingerprint density at radius 1 is 1.24 bits per heavy atom. The van der Waals surface area contributed by atoms with Gasteiger partial charge in [0.25, 0.3) is 5.91 Å². The number of hydrogen-bond donors (Lipinski definition) is 2. The second-order valence-corrected chi connectivity index (χ2v) is 6.26. The third-order valence-electron chi connectivity index (χ3n) is 3.24. The zero-order chi connectivity index (χ0) is 18.6. The second-order valence-electron chi connectivity index (χ2n) is 5.85. The monoisotopic (exact) mass is 371 g/mol. The van der Waals surface area contributed by atoms with Crippen LogP contribution in [0.4, 0.5) is 24.7 Å². The summed E-state index contributed by atoms with van der Waals surface area (Å²) in [5.74, 6) is 0.389. The highest BCUT2D eigenvalue weighted by molar-refractivity contribution is 6.31. The molecule has 0 saturated heterocycles. The van der Waals surface area contributed by atoms with Gasteiger partial charge in [0.15, 0.2) is 0 Å². The first kappa shape index (κ1) is 19.1. The topological polar surface area (TPSA) is 54.0 Å². The van der Waals surface area contributed by atoms with Crippen LogP contribution in [0.25, 0.3) is 0 Å². The van der Waals surface area contributed by atoms with Crippen molar-refractivity contribution in [3.05, 3.63) is 52.7 Å². The maximum atomic E-state index is 12.9. The fourth-order valence-electron chi connectivity index (χ4n) is 1.97. The minimum atomic E-state index is -4.54. The molecule has 0 bridgehead atoms. The van der Waals surface area contributed by atoms with E-state index < -0.39 is 11.7 Å². The molecule has 0 spiro atoms. The highest BCUT2D eigenvalue weighted by atomic mass is 35.5. The molecule has 25 heavy (non-hydrogen) atoms. The Kier molecular flexibility index (Phi) is 5.89. The number of carbonyl (C=O) groups is 1. The molecule has 0 aliphatic carbocycles. The molecule has 8 heteroatoms. The fraction of sp³-hybridized carbons (Fsp3) is 0.294. The van der Waals surface area contributed by atoms with Gasteiger partial charge in [0.1, 0.15) is 5.82 Å². The molecule has 0 saturated carbocycles. The SMILES string of the molecule is CC(C)CNC(=O)c1ccc(Nc2ccc(Cl)c(C(F)(F)F)c2)nc1. The summed E-state index contributed by atoms with van der Waals surface area (Å²) in [6, 6.07) is 6.56. The van der Waals surface area contributed by atoms with Crippen LogP contribution in [0.5, 0.6) is 0 Å². The Balaban J connectivity index is 2.10. The standard InChI is InChI=1S/C17H17ClF3N3O/c1-10(2)8-23-16(25)11-3-6-15(22-9-11)24-12-4-5-14(18)13(7-12)17(19,20)21/h3-7,9-10H,8H2,1-2H3,(H,22,24)(H,23,25). The molecule has 4 nitrogen and oxygen atoms in total. The number of rotatable bonds is 5. The lowest BCUT2D eigenvalue weighted by Gasteiger charge is -2.12. The smallest absolute Gasteiger partial charge is 0.352 e. The summed E-state index contributed by atoms with van der Waals surface area (Å²) >= 11 is 5.58. The van der Waals surface area contributed by atoms with E-state index in [1.165, 1.54) is 24.4 Å². The molecule has 2 rings (SSSR count). The molecule has 1 heterocycles. The molecule has 0 atom stereocenters. The number of carbonyl (C=O) groups excluding carboxylic acids is 1. The van der Waals surface area contributed by atoms with Gasteiger partial charge in [-0.3, -0.25) is 4.79 Å². The van der Waals surface area contributed by atoms with Gasteiger partial charge in [-0.1, -0.05) is 25.4 Å². The lowest BCUT2D eigenvalue weighted by molar-refractivity contribution is -0.137. The van der Waals surface area contributed by atoms with Crippen LogP contribution >= 0.6 is 11.6 Å². The number of amides is 1. The minimum absolute atomic E-state index is 0.196. The summed E-state index contributed by atoms with van der Waals surface area (Å²) in [7, 11) is 0. The van der Waals surface area contributed by atoms with Crippen molar-refractivity contribution in [3.63, 3.8) is 0 Å². The van der Waals surface area contributed by atoms with Crippen molar-refractivity contribution in [1.29, 1.82) is 0 Å². The van der Waals surface area contributed by atoms with E-state index in [4.69, 9.17) is 11.6 Å². The molecule has 1 aromatic heterocycles. The van der Waals surface area contributed by atoms with E-state index in [1.54, 1.807) is 6.07 Å². The van der Waals surface area contributed by atoms with E-state index >= 15 is 0 Å². The maximum Gasteiger partial charge on any atom is 0.417 e. The van der Waals surface area contributed by atoms with Crippen LogP contribution in [0, 0.1) is 5.92 Å². The number of benzene rings is 1. The van der Waals surface area contributed by atoms with E-state index in [0.717, 1.165) is 6.07 Å². The Bertz CT molecular complexity index is 746. The highest BCUT2D eigenvalue weighted by Gasteiger charge is 2.33. The van der Waals surface area contributed by atoms with Crippen LogP contribution in [-0.4, -0.2) is 17.4 Å². The lowest BCUT2D eigenvalue weighted by Crippen LogP contribution is -2.27. The van der Waals surface area contributed by atoms with Crippen LogP contribution in [0.1, 0.15) is 29.8 Å². The van der Waals surface area contributed by atoms with Gasteiger partial charge in [0.2, 0.25) is 0 Å². The van der Waals surface area contributed by atoms with Gasteiger partial charge < -0.3 is 10.6 Å². The van der Waals surface area contributed by atoms with Gasteiger partial charge in [-0.2, -0.15) is 13.2 Å². The number of hydrogen-bond acceptors (Lipinski definition) is 3. The number of nitrogens with zero attached hydrogens (tertiary/aromatic N) is 1. The van der Waals surface area contributed by atoms with Crippen LogP contribution in [0.15, 0.2) is 36.5 Å². The number of alkyl halides is 3. The summed E-state index contributed by atoms with van der Waals surface area (Å²) in [6.45, 7) is 4.50. The number of anilines is 2. The van der Waals surface area contributed by atoms with Crippen molar-refractivity contribution in [2.75, 3.05) is 11.9 Å². The van der Waals surface area contributed by atoms with E-state index in [-0.39, 0.29) is 16.6 Å². The van der Waals surface area contributed by atoms with Crippen LogP contribution < -0.4 is 10.6 Å². The van der Waals surface area contributed by atoms with Crippen molar-refractivity contribution in [2.24, 2.45) is 5.92 Å². The molecule has 1 amide bonds. The molecule has 0 radical (unpaired) electrons. The first-order valence-corrected chi connectivity index (χ1v) is 7.92. The Labute approximate surface area is 148 Å². The molecule has 0 aliphatic rings. The molecule has 0 unspecified atom stereocenters. The number of nitrogens with one attached hydrogen (secondary N) is 2. The zero-order valence-electron chi connectivity index (χ0n) is 13.6. The van der Waals surface area contributed by atoms with Crippen molar-refractivity contribution in [3.8, 4) is 0 Å². The second kappa shape index (κ2) is 7.74. The van der Waals surface area contributed by atoms with Gasteiger partial charge >= 0.3 is 6.18 Å². The normalized spacial score (nSPS) is 11.5. The largest absolute Gasteiger partial charge is 0.417 e. The molecule has 2 aromatic rings. The predicted octanol–water partition coefficient (Wildman–Crippen LogP) is 4.88. The van der Waals surface area contributed by atoms with Gasteiger partial charge in [-0.25, -0.2) is 4.98 Å². The van der Waals surface area contributed by atoms with Crippen LogP contribution in [0.3, 0.4) is 0 Å². The summed E-state index contributed by atoms with van der Waals surface area (Å²) in [4.78, 5) is 16.0. The molecule has 134 valence electrons. The molecule has 0 aliphatic heterocycles. The zero-order valence-corrected chi connectivity index (χ0v) is 14.4. The number of halogens is 4. The quantitative estimate of drug-likeness (QED) is 0.787. The van der Waals surface area contributed by atoms with Crippen molar-refractivity contribution in [1.82, 2.24) is 10.3 Å². The number of pyridine rings is 1. The van der Waals surface area contributed by atoms with E-state index in [2.05, 4.69) is 15.6 Å². The Morgan fingerprint density at radius 3 is 2.52 bits per heavy atom. The Morgan fingerprint density at radius 2 is 1.96 bits per heavy atom. The van der Waals surface area contributed by atoms with Gasteiger partial charge in [-0.05, 0) is 36.2 Å². The first-order valence-electron chi connectivity index (χ1n) is 7.55. The Hall–Kier alpha value is -2.28. The third-order valence-corrected chi connectivity index (χ3v) is 3.57. The minimum Gasteiger partial charge on any atom is -0.352 e. The summed E-state index contributed by atoms with van der Waals surface area (Å²) in [5, 5.41) is 5.15. The van der Waals surface area contributed by atoms with Crippen LogP contribution in [-0.2, 0) is 6.18 Å². The molecule has 1 aromatic carbocycles. The van der Waals surface area contributed by atoms with Crippen LogP contribution in [0.2, 0.25) is 5.02 Å². The molecular weight excluding hydrogens is 355 g/mol. The first-order chi connectivity index (χ1) is 11.7. The van der Waals surface area contributed by atoms with Gasteiger partial charge in [0.05, 0.1) is 16.1 Å². The predicted molar refractivity (Wildman–Crippen MR) is 91.1 cm³/mol. The van der Waals surface area contributed by atoms with Crippen molar-refractivity contribution in [2.45, 2.75) is 20.0 Å².